The van der Waals surface area contributed by atoms with Gasteiger partial charge in [0, 0.05) is 15.7 Å². The summed E-state index contributed by atoms with van der Waals surface area (Å²) < 4.78 is 14.3. The number of carboxylic acid groups (broad SMARTS) is 1. The van der Waals surface area contributed by atoms with Gasteiger partial charge in [-0.2, -0.15) is 0 Å². The van der Waals surface area contributed by atoms with Crippen LogP contribution in [-0.4, -0.2) is 16.1 Å². The maximum Gasteiger partial charge on any atom is 0.313 e. The van der Waals surface area contributed by atoms with Crippen molar-refractivity contribution in [2.24, 2.45) is 0 Å². The summed E-state index contributed by atoms with van der Waals surface area (Å²) in [6.07, 6.45) is 1.46. The van der Waals surface area contributed by atoms with Crippen molar-refractivity contribution >= 4 is 33.5 Å². The topological polar surface area (TPSA) is 50.2 Å². The highest BCUT2D eigenvalue weighted by Gasteiger charge is 2.26. The molecule has 2 rings (SSSR count). The zero-order chi connectivity index (χ0) is 14.7. The SMILES string of the molecule is O=C(O)C(Cc1ccccc1Cl)c1ncc(Br)cc1F. The zero-order valence-electron chi connectivity index (χ0n) is 10.2. The van der Waals surface area contributed by atoms with Gasteiger partial charge in [0.1, 0.15) is 11.7 Å². The Morgan fingerprint density at radius 2 is 2.15 bits per heavy atom. The van der Waals surface area contributed by atoms with E-state index >= 15 is 0 Å². The molecule has 20 heavy (non-hydrogen) atoms. The van der Waals surface area contributed by atoms with Gasteiger partial charge in [0.25, 0.3) is 0 Å². The van der Waals surface area contributed by atoms with E-state index in [9.17, 15) is 14.3 Å². The second-order valence-corrected chi connectivity index (χ2v) is 5.53. The number of hydrogen-bond acceptors (Lipinski definition) is 2. The standard InChI is InChI=1S/C14H10BrClFNO2/c15-9-6-12(17)13(18-7-9)10(14(19)20)5-8-3-1-2-4-11(8)16/h1-4,6-7,10H,5H2,(H,19,20). The van der Waals surface area contributed by atoms with Crippen LogP contribution >= 0.6 is 27.5 Å². The van der Waals surface area contributed by atoms with Crippen LogP contribution in [-0.2, 0) is 11.2 Å². The van der Waals surface area contributed by atoms with Crippen molar-refractivity contribution in [3.8, 4) is 0 Å². The Hall–Kier alpha value is -1.46. The van der Waals surface area contributed by atoms with Crippen molar-refractivity contribution in [2.45, 2.75) is 12.3 Å². The van der Waals surface area contributed by atoms with Gasteiger partial charge >= 0.3 is 5.97 Å². The van der Waals surface area contributed by atoms with E-state index in [0.717, 1.165) is 0 Å². The Balaban J connectivity index is 2.37. The molecule has 1 atom stereocenters. The van der Waals surface area contributed by atoms with E-state index in [4.69, 9.17) is 11.6 Å². The first-order chi connectivity index (χ1) is 9.49. The molecule has 0 radical (unpaired) electrons. The van der Waals surface area contributed by atoms with E-state index in [2.05, 4.69) is 20.9 Å². The molecule has 1 N–H and O–H groups in total. The number of aliphatic carboxylic acids is 1. The predicted molar refractivity (Wildman–Crippen MR) is 77.4 cm³/mol. The maximum atomic E-state index is 13.9. The minimum absolute atomic E-state index is 0.0839. The van der Waals surface area contributed by atoms with Crippen LogP contribution in [0.2, 0.25) is 5.02 Å². The number of halogens is 3. The van der Waals surface area contributed by atoms with Gasteiger partial charge in [-0.3, -0.25) is 9.78 Å². The lowest BCUT2D eigenvalue weighted by atomic mass is 9.95. The number of benzene rings is 1. The quantitative estimate of drug-likeness (QED) is 0.897. The minimum Gasteiger partial charge on any atom is -0.481 e. The number of carboxylic acids is 1. The molecule has 0 saturated heterocycles. The van der Waals surface area contributed by atoms with Gasteiger partial charge in [-0.05, 0) is 40.0 Å². The zero-order valence-corrected chi connectivity index (χ0v) is 12.5. The van der Waals surface area contributed by atoms with Gasteiger partial charge in [-0.1, -0.05) is 29.8 Å². The molecular formula is C14H10BrClFNO2. The van der Waals surface area contributed by atoms with E-state index < -0.39 is 17.7 Å². The summed E-state index contributed by atoms with van der Waals surface area (Å²) in [7, 11) is 0. The van der Waals surface area contributed by atoms with Crippen LogP contribution in [0, 0.1) is 5.82 Å². The number of rotatable bonds is 4. The van der Waals surface area contributed by atoms with Gasteiger partial charge < -0.3 is 5.11 Å². The lowest BCUT2D eigenvalue weighted by Gasteiger charge is -2.13. The second-order valence-electron chi connectivity index (χ2n) is 4.21. The molecule has 0 bridgehead atoms. The summed E-state index contributed by atoms with van der Waals surface area (Å²) in [6.45, 7) is 0. The van der Waals surface area contributed by atoms with E-state index in [0.29, 0.717) is 15.1 Å². The van der Waals surface area contributed by atoms with E-state index in [1.165, 1.54) is 12.3 Å². The third-order valence-corrected chi connectivity index (χ3v) is 3.65. The predicted octanol–water partition coefficient (Wildman–Crippen LogP) is 4.05. The van der Waals surface area contributed by atoms with Gasteiger partial charge in [-0.15, -0.1) is 0 Å². The second kappa shape index (κ2) is 6.33. The fourth-order valence-electron chi connectivity index (χ4n) is 1.87. The molecular weight excluding hydrogens is 349 g/mol. The van der Waals surface area contributed by atoms with Crippen LogP contribution in [0.5, 0.6) is 0 Å². The monoisotopic (exact) mass is 357 g/mol. The van der Waals surface area contributed by atoms with Crippen molar-refractivity contribution in [3.05, 3.63) is 63.1 Å². The van der Waals surface area contributed by atoms with E-state index in [1.54, 1.807) is 24.3 Å². The molecule has 0 aliphatic rings. The fourth-order valence-corrected chi connectivity index (χ4v) is 2.38. The first-order valence-electron chi connectivity index (χ1n) is 5.76. The number of pyridine rings is 1. The molecule has 3 nitrogen and oxygen atoms in total. The Morgan fingerprint density at radius 1 is 1.45 bits per heavy atom. The Kier molecular flexibility index (Phi) is 4.73. The summed E-state index contributed by atoms with van der Waals surface area (Å²) >= 11 is 9.10. The van der Waals surface area contributed by atoms with Gasteiger partial charge in [0.2, 0.25) is 0 Å². The number of hydrogen-bond donors (Lipinski definition) is 1. The largest absolute Gasteiger partial charge is 0.481 e. The molecule has 1 unspecified atom stereocenters. The minimum atomic E-state index is -1.14. The van der Waals surface area contributed by atoms with Crippen LogP contribution < -0.4 is 0 Å². The molecule has 6 heteroatoms. The molecule has 0 saturated carbocycles. The molecule has 0 aliphatic heterocycles. The third kappa shape index (κ3) is 3.35. The van der Waals surface area contributed by atoms with Crippen LogP contribution in [0.1, 0.15) is 17.2 Å². The van der Waals surface area contributed by atoms with Gasteiger partial charge in [-0.25, -0.2) is 4.39 Å². The lowest BCUT2D eigenvalue weighted by Crippen LogP contribution is -2.17. The average Bonchev–Trinajstić information content (AvgIpc) is 2.38. The Morgan fingerprint density at radius 3 is 2.75 bits per heavy atom. The Bertz CT molecular complexity index is 651. The number of carbonyl (C=O) groups is 1. The summed E-state index contributed by atoms with van der Waals surface area (Å²) in [6, 6.07) is 8.09. The van der Waals surface area contributed by atoms with Gasteiger partial charge in [0.15, 0.2) is 0 Å². The molecule has 0 spiro atoms. The van der Waals surface area contributed by atoms with Crippen molar-refractivity contribution in [1.82, 2.24) is 4.98 Å². The highest BCUT2D eigenvalue weighted by molar-refractivity contribution is 9.10. The van der Waals surface area contributed by atoms with Crippen LogP contribution in [0.3, 0.4) is 0 Å². The molecule has 104 valence electrons. The van der Waals surface area contributed by atoms with Gasteiger partial charge in [0.05, 0.1) is 5.69 Å². The fraction of sp³-hybridized carbons (Fsp3) is 0.143. The van der Waals surface area contributed by atoms with Crippen LogP contribution in [0.25, 0.3) is 0 Å². The van der Waals surface area contributed by atoms with Crippen molar-refractivity contribution in [2.75, 3.05) is 0 Å². The van der Waals surface area contributed by atoms with Crippen molar-refractivity contribution in [3.63, 3.8) is 0 Å². The van der Waals surface area contributed by atoms with Crippen LogP contribution in [0.15, 0.2) is 41.0 Å². The first kappa shape index (κ1) is 14.9. The maximum absolute atomic E-state index is 13.9. The average molecular weight is 359 g/mol. The molecule has 1 aromatic carbocycles. The van der Waals surface area contributed by atoms with Crippen molar-refractivity contribution in [1.29, 1.82) is 0 Å². The molecule has 0 aliphatic carbocycles. The molecule has 1 aromatic heterocycles. The first-order valence-corrected chi connectivity index (χ1v) is 6.93. The smallest absolute Gasteiger partial charge is 0.313 e. The highest BCUT2D eigenvalue weighted by atomic mass is 79.9. The molecule has 0 amide bonds. The van der Waals surface area contributed by atoms with Crippen LogP contribution in [0.4, 0.5) is 4.39 Å². The summed E-state index contributed by atoms with van der Waals surface area (Å²) in [5.74, 6) is -2.87. The summed E-state index contributed by atoms with van der Waals surface area (Å²) in [4.78, 5) is 15.3. The number of nitrogens with zero attached hydrogens (tertiary/aromatic N) is 1. The lowest BCUT2D eigenvalue weighted by molar-refractivity contribution is -0.138. The summed E-state index contributed by atoms with van der Waals surface area (Å²) in [5, 5.41) is 9.77. The number of aromatic nitrogens is 1. The van der Waals surface area contributed by atoms with E-state index in [1.807, 2.05) is 0 Å². The van der Waals surface area contributed by atoms with Crippen molar-refractivity contribution < 1.29 is 14.3 Å². The summed E-state index contributed by atoms with van der Waals surface area (Å²) in [5.41, 5.74) is 0.548. The molecule has 1 heterocycles. The van der Waals surface area contributed by atoms with E-state index in [-0.39, 0.29) is 12.1 Å². The highest BCUT2D eigenvalue weighted by Crippen LogP contribution is 2.27. The Labute approximate surface area is 128 Å². The third-order valence-electron chi connectivity index (χ3n) is 2.85. The normalized spacial score (nSPS) is 12.2. The molecule has 2 aromatic rings. The molecule has 0 fully saturated rings.